The van der Waals surface area contributed by atoms with E-state index < -0.39 is 10.0 Å². The molecule has 1 aromatic heterocycles. The highest BCUT2D eigenvalue weighted by atomic mass is 32.2. The third kappa shape index (κ3) is 3.41. The van der Waals surface area contributed by atoms with Crippen LogP contribution in [-0.2, 0) is 10.0 Å². The SMILES string of the molecule is CCCN(C)S(=O)(=O)c1ccc(OCC)nc1. The molecule has 0 unspecified atom stereocenters. The Morgan fingerprint density at radius 2 is 2.06 bits per heavy atom. The minimum Gasteiger partial charge on any atom is -0.478 e. The van der Waals surface area contributed by atoms with Gasteiger partial charge in [-0.3, -0.25) is 0 Å². The molecule has 0 aromatic carbocycles. The lowest BCUT2D eigenvalue weighted by atomic mass is 10.5. The molecule has 0 saturated carbocycles. The molecule has 0 radical (unpaired) electrons. The van der Waals surface area contributed by atoms with Crippen molar-refractivity contribution < 1.29 is 13.2 Å². The molecule has 1 heterocycles. The van der Waals surface area contributed by atoms with Gasteiger partial charge in [-0.05, 0) is 19.4 Å². The van der Waals surface area contributed by atoms with Gasteiger partial charge in [0.1, 0.15) is 4.90 Å². The first-order valence-corrected chi connectivity index (χ1v) is 7.01. The lowest BCUT2D eigenvalue weighted by molar-refractivity contribution is 0.326. The first kappa shape index (κ1) is 13.9. The zero-order valence-electron chi connectivity index (χ0n) is 10.4. The molecular weight excluding hydrogens is 240 g/mol. The molecule has 0 fully saturated rings. The van der Waals surface area contributed by atoms with Crippen molar-refractivity contribution in [3.8, 4) is 5.88 Å². The number of aromatic nitrogens is 1. The summed E-state index contributed by atoms with van der Waals surface area (Å²) < 4.78 is 30.6. The second kappa shape index (κ2) is 5.97. The van der Waals surface area contributed by atoms with Gasteiger partial charge in [0.05, 0.1) is 12.8 Å². The molecule has 0 N–H and O–H groups in total. The van der Waals surface area contributed by atoms with Gasteiger partial charge in [0.15, 0.2) is 0 Å². The van der Waals surface area contributed by atoms with Gasteiger partial charge in [-0.2, -0.15) is 0 Å². The second-order valence-electron chi connectivity index (χ2n) is 3.59. The van der Waals surface area contributed by atoms with Crippen molar-refractivity contribution in [2.75, 3.05) is 20.2 Å². The Labute approximate surface area is 102 Å². The zero-order chi connectivity index (χ0) is 12.9. The van der Waals surface area contributed by atoms with Crippen LogP contribution in [0.25, 0.3) is 0 Å². The highest BCUT2D eigenvalue weighted by molar-refractivity contribution is 7.89. The average Bonchev–Trinajstić information content (AvgIpc) is 2.30. The molecular formula is C11H18N2O3S. The van der Waals surface area contributed by atoms with E-state index in [9.17, 15) is 8.42 Å². The van der Waals surface area contributed by atoms with Crippen molar-refractivity contribution in [1.82, 2.24) is 9.29 Å². The van der Waals surface area contributed by atoms with Gasteiger partial charge in [-0.15, -0.1) is 0 Å². The predicted molar refractivity (Wildman–Crippen MR) is 65.5 cm³/mol. The highest BCUT2D eigenvalue weighted by Crippen LogP contribution is 2.16. The van der Waals surface area contributed by atoms with Crippen LogP contribution in [0, 0.1) is 0 Å². The third-order valence-corrected chi connectivity index (χ3v) is 4.09. The maximum atomic E-state index is 12.0. The van der Waals surface area contributed by atoms with Crippen LogP contribution in [0.15, 0.2) is 23.2 Å². The molecule has 17 heavy (non-hydrogen) atoms. The van der Waals surface area contributed by atoms with Crippen molar-refractivity contribution in [1.29, 1.82) is 0 Å². The van der Waals surface area contributed by atoms with Crippen molar-refractivity contribution in [2.45, 2.75) is 25.2 Å². The standard InChI is InChI=1S/C11H18N2O3S/c1-4-8-13(3)17(14,15)10-6-7-11(12-9-10)16-5-2/h6-7,9H,4-5,8H2,1-3H3. The molecule has 0 atom stereocenters. The number of hydrogen-bond donors (Lipinski definition) is 0. The van der Waals surface area contributed by atoms with Crippen LogP contribution in [0.1, 0.15) is 20.3 Å². The molecule has 6 heteroatoms. The van der Waals surface area contributed by atoms with Crippen molar-refractivity contribution in [2.24, 2.45) is 0 Å². The van der Waals surface area contributed by atoms with Crippen LogP contribution in [0.4, 0.5) is 0 Å². The van der Waals surface area contributed by atoms with Crippen LogP contribution in [-0.4, -0.2) is 37.9 Å². The van der Waals surface area contributed by atoms with Crippen LogP contribution < -0.4 is 4.74 Å². The summed E-state index contributed by atoms with van der Waals surface area (Å²) in [7, 11) is -1.85. The topological polar surface area (TPSA) is 59.5 Å². The van der Waals surface area contributed by atoms with E-state index in [1.54, 1.807) is 13.1 Å². The van der Waals surface area contributed by atoms with Gasteiger partial charge in [0.25, 0.3) is 0 Å². The van der Waals surface area contributed by atoms with Crippen LogP contribution >= 0.6 is 0 Å². The Bertz CT molecular complexity index is 442. The van der Waals surface area contributed by atoms with E-state index in [0.717, 1.165) is 6.42 Å². The van der Waals surface area contributed by atoms with E-state index in [1.807, 2.05) is 13.8 Å². The summed E-state index contributed by atoms with van der Waals surface area (Å²) in [6.07, 6.45) is 2.10. The van der Waals surface area contributed by atoms with Crippen LogP contribution in [0.3, 0.4) is 0 Å². The number of nitrogens with zero attached hydrogens (tertiary/aromatic N) is 2. The molecule has 1 aromatic rings. The summed E-state index contributed by atoms with van der Waals surface area (Å²) in [6, 6.07) is 3.08. The van der Waals surface area contributed by atoms with Crippen LogP contribution in [0.5, 0.6) is 5.88 Å². The van der Waals surface area contributed by atoms with Gasteiger partial charge >= 0.3 is 0 Å². The Morgan fingerprint density at radius 1 is 1.35 bits per heavy atom. The lowest BCUT2D eigenvalue weighted by Crippen LogP contribution is -2.27. The van der Waals surface area contributed by atoms with E-state index in [-0.39, 0.29) is 4.90 Å². The summed E-state index contributed by atoms with van der Waals surface area (Å²) >= 11 is 0. The lowest BCUT2D eigenvalue weighted by Gasteiger charge is -2.15. The number of sulfonamides is 1. The van der Waals surface area contributed by atoms with Crippen LogP contribution in [0.2, 0.25) is 0 Å². The van der Waals surface area contributed by atoms with E-state index >= 15 is 0 Å². The molecule has 0 aliphatic heterocycles. The normalized spacial score (nSPS) is 11.8. The molecule has 0 aliphatic carbocycles. The Kier molecular flexibility index (Phi) is 4.89. The van der Waals surface area contributed by atoms with Crippen molar-refractivity contribution in [3.05, 3.63) is 18.3 Å². The fraction of sp³-hybridized carbons (Fsp3) is 0.545. The fourth-order valence-corrected chi connectivity index (χ4v) is 2.58. The minimum atomic E-state index is -3.42. The molecule has 1 rings (SSSR count). The minimum absolute atomic E-state index is 0.192. The number of hydrogen-bond acceptors (Lipinski definition) is 4. The number of pyridine rings is 1. The Morgan fingerprint density at radius 3 is 2.53 bits per heavy atom. The monoisotopic (exact) mass is 258 g/mol. The van der Waals surface area contributed by atoms with Gasteiger partial charge in [0, 0.05) is 19.7 Å². The van der Waals surface area contributed by atoms with Gasteiger partial charge in [0.2, 0.25) is 15.9 Å². The predicted octanol–water partition coefficient (Wildman–Crippen LogP) is 1.51. The molecule has 5 nitrogen and oxygen atoms in total. The summed E-state index contributed by atoms with van der Waals surface area (Å²) in [5, 5.41) is 0. The second-order valence-corrected chi connectivity index (χ2v) is 5.64. The highest BCUT2D eigenvalue weighted by Gasteiger charge is 2.20. The zero-order valence-corrected chi connectivity index (χ0v) is 11.2. The molecule has 0 saturated heterocycles. The summed E-state index contributed by atoms with van der Waals surface area (Å²) in [4.78, 5) is 4.14. The molecule has 96 valence electrons. The molecule has 0 spiro atoms. The van der Waals surface area contributed by atoms with Crippen molar-refractivity contribution in [3.63, 3.8) is 0 Å². The summed E-state index contributed by atoms with van der Waals surface area (Å²) in [5.41, 5.74) is 0. The largest absolute Gasteiger partial charge is 0.478 e. The third-order valence-electron chi connectivity index (χ3n) is 2.25. The average molecular weight is 258 g/mol. The summed E-state index contributed by atoms with van der Waals surface area (Å²) in [5.74, 6) is 0.435. The first-order chi connectivity index (χ1) is 8.02. The van der Waals surface area contributed by atoms with Gasteiger partial charge in [-0.1, -0.05) is 6.92 Å². The van der Waals surface area contributed by atoms with Gasteiger partial charge in [-0.25, -0.2) is 17.7 Å². The molecule has 0 aliphatic rings. The quantitative estimate of drug-likeness (QED) is 0.776. The maximum Gasteiger partial charge on any atom is 0.244 e. The number of ether oxygens (including phenoxy) is 1. The Hall–Kier alpha value is -1.14. The van der Waals surface area contributed by atoms with Gasteiger partial charge < -0.3 is 4.74 Å². The Balaban J connectivity index is 2.92. The van der Waals surface area contributed by atoms with Crippen molar-refractivity contribution >= 4 is 10.0 Å². The van der Waals surface area contributed by atoms with E-state index in [4.69, 9.17) is 4.74 Å². The van der Waals surface area contributed by atoms with E-state index in [1.165, 1.54) is 16.6 Å². The first-order valence-electron chi connectivity index (χ1n) is 5.57. The number of rotatable bonds is 6. The van der Waals surface area contributed by atoms with E-state index in [0.29, 0.717) is 19.0 Å². The smallest absolute Gasteiger partial charge is 0.244 e. The fourth-order valence-electron chi connectivity index (χ4n) is 1.37. The summed E-state index contributed by atoms with van der Waals surface area (Å²) in [6.45, 7) is 4.79. The van der Waals surface area contributed by atoms with E-state index in [2.05, 4.69) is 4.98 Å². The molecule has 0 bridgehead atoms. The molecule has 0 amide bonds. The maximum absolute atomic E-state index is 12.0.